The zero-order valence-corrected chi connectivity index (χ0v) is 8.97. The van der Waals surface area contributed by atoms with Crippen LogP contribution in [0.25, 0.3) is 0 Å². The van der Waals surface area contributed by atoms with E-state index in [1.165, 1.54) is 48.6 Å². The zero-order valence-electron chi connectivity index (χ0n) is 8.97. The van der Waals surface area contributed by atoms with Crippen LogP contribution in [-0.2, 0) is 4.74 Å². The maximum atomic E-state index is 9.20. The molecule has 0 saturated carbocycles. The van der Waals surface area contributed by atoms with Gasteiger partial charge in [-0.1, -0.05) is 24.3 Å². The van der Waals surface area contributed by atoms with Crippen molar-refractivity contribution < 1.29 is 25.2 Å². The van der Waals surface area contributed by atoms with Gasteiger partial charge in [-0.2, -0.15) is 0 Å². The van der Waals surface area contributed by atoms with Gasteiger partial charge in [0.05, 0.1) is 12.2 Å². The maximum Gasteiger partial charge on any atom is 0.203 e. The van der Waals surface area contributed by atoms with E-state index in [0.29, 0.717) is 0 Å². The van der Waals surface area contributed by atoms with Crippen molar-refractivity contribution in [3.63, 3.8) is 0 Å². The Morgan fingerprint density at radius 2 is 0.941 bits per heavy atom. The summed E-state index contributed by atoms with van der Waals surface area (Å²) in [4.78, 5) is 0. The third-order valence-electron chi connectivity index (χ3n) is 2.44. The lowest BCUT2D eigenvalue weighted by molar-refractivity contribution is -0.0797. The molecule has 0 fully saturated rings. The van der Waals surface area contributed by atoms with Crippen LogP contribution in [0.4, 0.5) is 0 Å². The highest BCUT2D eigenvalue weighted by atomic mass is 16.5. The predicted molar refractivity (Wildman–Crippen MR) is 59.6 cm³/mol. The molecule has 0 unspecified atom stereocenters. The van der Waals surface area contributed by atoms with Crippen molar-refractivity contribution in [1.82, 2.24) is 0 Å². The van der Waals surface area contributed by atoms with Gasteiger partial charge in [0.2, 0.25) is 11.6 Å². The summed E-state index contributed by atoms with van der Waals surface area (Å²) in [6.45, 7) is 0. The molecule has 0 bridgehead atoms. The van der Waals surface area contributed by atoms with Gasteiger partial charge < -0.3 is 25.2 Å². The average molecular weight is 238 g/mol. The lowest BCUT2D eigenvalue weighted by Gasteiger charge is -2.25. The van der Waals surface area contributed by atoms with Crippen LogP contribution in [-0.4, -0.2) is 44.2 Å². The van der Waals surface area contributed by atoms with Gasteiger partial charge in [-0.15, -0.1) is 0 Å². The van der Waals surface area contributed by atoms with E-state index in [4.69, 9.17) is 4.74 Å². The Morgan fingerprint density at radius 1 is 0.647 bits per heavy atom. The van der Waals surface area contributed by atoms with Crippen molar-refractivity contribution in [1.29, 1.82) is 0 Å². The molecule has 0 aromatic rings. The molecule has 0 radical (unpaired) electrons. The Hall–Kier alpha value is -1.24. The second-order valence-corrected chi connectivity index (χ2v) is 4.07. The standard InChI is InChI=1S/C12H14O5/c13-11(14)5-1-9(2-6-11)17-10-3-7-12(15,16)8-4-10/h1-10,13-16H. The van der Waals surface area contributed by atoms with Crippen molar-refractivity contribution >= 4 is 0 Å². The van der Waals surface area contributed by atoms with Crippen LogP contribution in [0.3, 0.4) is 0 Å². The molecule has 0 amide bonds. The van der Waals surface area contributed by atoms with Crippen molar-refractivity contribution in [3.05, 3.63) is 48.6 Å². The fourth-order valence-electron chi connectivity index (χ4n) is 1.55. The van der Waals surface area contributed by atoms with Gasteiger partial charge in [0.1, 0.15) is 0 Å². The monoisotopic (exact) mass is 238 g/mol. The normalized spacial score (nSPS) is 26.6. The molecule has 17 heavy (non-hydrogen) atoms. The molecule has 0 aromatic heterocycles. The highest BCUT2D eigenvalue weighted by Crippen LogP contribution is 2.19. The highest BCUT2D eigenvalue weighted by molar-refractivity contribution is 5.22. The summed E-state index contributed by atoms with van der Waals surface area (Å²) in [5.74, 6) is -3.83. The Balaban J connectivity index is 1.93. The number of ether oxygens (including phenoxy) is 1. The number of rotatable bonds is 2. The summed E-state index contributed by atoms with van der Waals surface area (Å²) in [6, 6.07) is 0. The Labute approximate surface area is 98.3 Å². The van der Waals surface area contributed by atoms with Crippen molar-refractivity contribution in [2.45, 2.75) is 23.8 Å². The van der Waals surface area contributed by atoms with Gasteiger partial charge in [-0.25, -0.2) is 0 Å². The summed E-state index contributed by atoms with van der Waals surface area (Å²) >= 11 is 0. The molecule has 0 saturated heterocycles. The van der Waals surface area contributed by atoms with Crippen LogP contribution < -0.4 is 0 Å². The Morgan fingerprint density at radius 3 is 1.24 bits per heavy atom. The SMILES string of the molecule is OC1(O)C=CC(OC2C=CC(O)(O)C=C2)C=C1. The molecular formula is C12H14O5. The topological polar surface area (TPSA) is 90.2 Å². The molecule has 4 N–H and O–H groups in total. The van der Waals surface area contributed by atoms with Crippen molar-refractivity contribution in [2.75, 3.05) is 0 Å². The minimum Gasteiger partial charge on any atom is -0.359 e. The molecule has 0 aromatic carbocycles. The molecule has 2 rings (SSSR count). The van der Waals surface area contributed by atoms with E-state index >= 15 is 0 Å². The van der Waals surface area contributed by atoms with E-state index in [-0.39, 0.29) is 12.2 Å². The van der Waals surface area contributed by atoms with Gasteiger partial charge >= 0.3 is 0 Å². The lowest BCUT2D eigenvalue weighted by atomic mass is 10.1. The van der Waals surface area contributed by atoms with Crippen molar-refractivity contribution in [3.8, 4) is 0 Å². The molecule has 92 valence electrons. The largest absolute Gasteiger partial charge is 0.359 e. The number of hydrogen-bond donors (Lipinski definition) is 4. The molecule has 2 aliphatic carbocycles. The van der Waals surface area contributed by atoms with E-state index in [9.17, 15) is 20.4 Å². The van der Waals surface area contributed by atoms with E-state index < -0.39 is 11.6 Å². The first-order valence-electron chi connectivity index (χ1n) is 5.19. The lowest BCUT2D eigenvalue weighted by Crippen LogP contribution is -2.30. The second kappa shape index (κ2) is 4.21. The summed E-state index contributed by atoms with van der Waals surface area (Å²) in [5.41, 5.74) is 0. The first-order valence-corrected chi connectivity index (χ1v) is 5.19. The molecule has 0 heterocycles. The van der Waals surface area contributed by atoms with Crippen LogP contribution in [0.5, 0.6) is 0 Å². The molecular weight excluding hydrogens is 224 g/mol. The van der Waals surface area contributed by atoms with Gasteiger partial charge in [0.25, 0.3) is 0 Å². The third-order valence-corrected chi connectivity index (χ3v) is 2.44. The van der Waals surface area contributed by atoms with Gasteiger partial charge in [-0.3, -0.25) is 0 Å². The van der Waals surface area contributed by atoms with E-state index in [1.807, 2.05) is 0 Å². The first-order chi connectivity index (χ1) is 7.86. The third kappa shape index (κ3) is 3.36. The van der Waals surface area contributed by atoms with Crippen LogP contribution in [0.15, 0.2) is 48.6 Å². The quantitative estimate of drug-likeness (QED) is 0.379. The number of aliphatic hydroxyl groups is 4. The summed E-state index contributed by atoms with van der Waals surface area (Å²) in [6.07, 6.45) is 10.2. The molecule has 5 nitrogen and oxygen atoms in total. The fourth-order valence-corrected chi connectivity index (χ4v) is 1.55. The summed E-state index contributed by atoms with van der Waals surface area (Å²) in [5, 5.41) is 36.8. The molecule has 2 aliphatic rings. The van der Waals surface area contributed by atoms with E-state index in [2.05, 4.69) is 0 Å². The Bertz CT molecular complexity index is 333. The van der Waals surface area contributed by atoms with Crippen LogP contribution >= 0.6 is 0 Å². The van der Waals surface area contributed by atoms with Crippen LogP contribution in [0.1, 0.15) is 0 Å². The van der Waals surface area contributed by atoms with E-state index in [1.54, 1.807) is 0 Å². The molecule has 0 spiro atoms. The van der Waals surface area contributed by atoms with Gasteiger partial charge in [0, 0.05) is 0 Å². The fraction of sp³-hybridized carbons (Fsp3) is 0.333. The molecule has 5 heteroatoms. The summed E-state index contributed by atoms with van der Waals surface area (Å²) in [7, 11) is 0. The van der Waals surface area contributed by atoms with Crippen molar-refractivity contribution in [2.24, 2.45) is 0 Å². The summed E-state index contributed by atoms with van der Waals surface area (Å²) < 4.78 is 5.53. The Kier molecular flexibility index (Phi) is 3.03. The van der Waals surface area contributed by atoms with E-state index in [0.717, 1.165) is 0 Å². The maximum absolute atomic E-state index is 9.20. The van der Waals surface area contributed by atoms with Crippen LogP contribution in [0, 0.1) is 0 Å². The van der Waals surface area contributed by atoms with Gasteiger partial charge in [-0.05, 0) is 24.3 Å². The highest BCUT2D eigenvalue weighted by Gasteiger charge is 2.23. The minimum absolute atomic E-state index is 0.383. The smallest absolute Gasteiger partial charge is 0.203 e. The molecule has 0 aliphatic heterocycles. The predicted octanol–water partition coefficient (Wildman–Crippen LogP) is -0.646. The zero-order chi connectivity index (χ0) is 12.5. The van der Waals surface area contributed by atoms with Crippen LogP contribution in [0.2, 0.25) is 0 Å². The second-order valence-electron chi connectivity index (χ2n) is 4.07. The molecule has 0 atom stereocenters. The van der Waals surface area contributed by atoms with Gasteiger partial charge in [0.15, 0.2) is 0 Å². The number of hydrogen-bond acceptors (Lipinski definition) is 5. The minimum atomic E-state index is -1.91. The average Bonchev–Trinajstić information content (AvgIpc) is 2.24. The first kappa shape index (κ1) is 12.2.